The van der Waals surface area contributed by atoms with Crippen LogP contribution >= 0.6 is 11.6 Å². The van der Waals surface area contributed by atoms with Crippen LogP contribution in [0, 0.1) is 10.4 Å². The number of hydrazine groups is 1. The summed E-state index contributed by atoms with van der Waals surface area (Å²) in [5, 5.41) is 24.4. The monoisotopic (exact) mass is 220 g/mol. The van der Waals surface area contributed by atoms with Crippen molar-refractivity contribution in [2.24, 2.45) is 5.73 Å². The van der Waals surface area contributed by atoms with Crippen LogP contribution in [-0.4, -0.2) is 34.0 Å². The van der Waals surface area contributed by atoms with Crippen molar-refractivity contribution in [2.45, 2.75) is 43.0 Å². The van der Waals surface area contributed by atoms with Crippen LogP contribution in [0.4, 0.5) is 0 Å². The summed E-state index contributed by atoms with van der Waals surface area (Å²) < 4.78 is 0. The molecule has 2 aliphatic rings. The van der Waals surface area contributed by atoms with Crippen molar-refractivity contribution in [3.8, 4) is 0 Å². The second-order valence-corrected chi connectivity index (χ2v) is 4.42. The molecule has 0 aromatic carbocycles. The van der Waals surface area contributed by atoms with E-state index in [2.05, 4.69) is 5.43 Å². The lowest BCUT2D eigenvalue weighted by atomic mass is 9.89. The Hall–Kier alpha value is 0.0500. The average molecular weight is 221 g/mol. The Morgan fingerprint density at radius 2 is 2.00 bits per heavy atom. The zero-order valence-electron chi connectivity index (χ0n) is 7.60. The molecule has 0 aromatic rings. The molecular weight excluding hydrogens is 208 g/mol. The average Bonchev–Trinajstić information content (AvgIpc) is 2.14. The third kappa shape index (κ3) is 1.74. The molecule has 0 amide bonds. The van der Waals surface area contributed by atoms with Crippen molar-refractivity contribution in [3.05, 3.63) is 10.4 Å². The maximum Gasteiger partial charge on any atom is 0.112 e. The molecule has 4 atom stereocenters. The zero-order valence-corrected chi connectivity index (χ0v) is 8.35. The van der Waals surface area contributed by atoms with Crippen LogP contribution < -0.4 is 11.2 Å². The summed E-state index contributed by atoms with van der Waals surface area (Å²) in [6.45, 7) is 0. The number of hydroxylamine groups is 3. The molecule has 14 heavy (non-hydrogen) atoms. The molecule has 0 spiro atoms. The lowest BCUT2D eigenvalue weighted by Gasteiger charge is -2.59. The fourth-order valence-corrected chi connectivity index (χ4v) is 2.43. The van der Waals surface area contributed by atoms with Crippen LogP contribution in [0.25, 0.3) is 0 Å². The fraction of sp³-hybridized carbons (Fsp3) is 1.00. The van der Waals surface area contributed by atoms with Gasteiger partial charge < -0.3 is 26.4 Å². The quantitative estimate of drug-likeness (QED) is 0.553. The molecule has 0 radical (unpaired) electrons. The van der Waals surface area contributed by atoms with E-state index in [1.54, 1.807) is 0 Å². The van der Waals surface area contributed by atoms with Gasteiger partial charge in [-0.1, -0.05) is 0 Å². The van der Waals surface area contributed by atoms with Crippen LogP contribution in [0.5, 0.6) is 0 Å². The maximum absolute atomic E-state index is 11.5. The first-order valence-electron chi connectivity index (χ1n) is 4.67. The van der Waals surface area contributed by atoms with Crippen molar-refractivity contribution >= 4 is 11.6 Å². The highest BCUT2D eigenvalue weighted by molar-refractivity contribution is 6.20. The molecule has 4 unspecified atom stereocenters. The van der Waals surface area contributed by atoms with Gasteiger partial charge in [-0.3, -0.25) is 0 Å². The van der Waals surface area contributed by atoms with Gasteiger partial charge in [-0.15, -0.1) is 11.6 Å². The van der Waals surface area contributed by atoms with Gasteiger partial charge in [0.2, 0.25) is 0 Å². The summed E-state index contributed by atoms with van der Waals surface area (Å²) in [6, 6.07) is -0.692. The van der Waals surface area contributed by atoms with Crippen molar-refractivity contribution in [1.29, 1.82) is 0 Å². The molecule has 1 saturated heterocycles. The van der Waals surface area contributed by atoms with E-state index in [0.717, 1.165) is 11.5 Å². The van der Waals surface area contributed by atoms with Gasteiger partial charge >= 0.3 is 0 Å². The van der Waals surface area contributed by atoms with Crippen molar-refractivity contribution < 1.29 is 0 Å². The van der Waals surface area contributed by atoms with E-state index in [0.29, 0.717) is 18.0 Å². The van der Waals surface area contributed by atoms with E-state index >= 15 is 0 Å². The summed E-state index contributed by atoms with van der Waals surface area (Å²) in [6.07, 6.45) is 1.01. The van der Waals surface area contributed by atoms with Gasteiger partial charge in [0.1, 0.15) is 6.29 Å². The predicted molar refractivity (Wildman–Crippen MR) is 52.6 cm³/mol. The van der Waals surface area contributed by atoms with E-state index < -0.39 is 6.29 Å². The Labute approximate surface area is 87.1 Å². The van der Waals surface area contributed by atoms with Crippen LogP contribution in [0.3, 0.4) is 0 Å². The fourth-order valence-electron chi connectivity index (χ4n) is 2.12. The van der Waals surface area contributed by atoms with E-state index in [1.807, 2.05) is 0 Å². The van der Waals surface area contributed by atoms with Gasteiger partial charge in [0, 0.05) is 17.5 Å². The number of nitrogens with two attached hydrogens (primary N) is 1. The smallest absolute Gasteiger partial charge is 0.112 e. The first-order valence-corrected chi connectivity index (χ1v) is 5.11. The molecule has 0 bridgehead atoms. The van der Waals surface area contributed by atoms with Crippen molar-refractivity contribution in [3.63, 3.8) is 0 Å². The number of hydrogen-bond acceptors (Lipinski definition) is 6. The SMILES string of the molecule is NC1NN([O-])C2CC(Cl)CCC2N1[O-]. The normalized spacial score (nSPS) is 46.3. The van der Waals surface area contributed by atoms with Crippen LogP contribution in [0.15, 0.2) is 0 Å². The Morgan fingerprint density at radius 1 is 1.29 bits per heavy atom. The van der Waals surface area contributed by atoms with Gasteiger partial charge in [0.25, 0.3) is 0 Å². The van der Waals surface area contributed by atoms with E-state index in [9.17, 15) is 10.4 Å². The topological polar surface area (TPSA) is 90.6 Å². The highest BCUT2D eigenvalue weighted by Crippen LogP contribution is 2.31. The second-order valence-electron chi connectivity index (χ2n) is 3.80. The van der Waals surface area contributed by atoms with Crippen LogP contribution in [-0.2, 0) is 0 Å². The summed E-state index contributed by atoms with van der Waals surface area (Å²) in [5.41, 5.74) is 7.80. The van der Waals surface area contributed by atoms with Gasteiger partial charge in [0.05, 0.1) is 0 Å². The minimum Gasteiger partial charge on any atom is -0.783 e. The number of rotatable bonds is 0. The molecule has 1 saturated carbocycles. The minimum absolute atomic E-state index is 0.0165. The van der Waals surface area contributed by atoms with Gasteiger partial charge in [0.15, 0.2) is 0 Å². The van der Waals surface area contributed by atoms with E-state index in [1.165, 1.54) is 0 Å². The second kappa shape index (κ2) is 3.90. The number of halogens is 1. The molecule has 1 aliphatic heterocycles. The van der Waals surface area contributed by atoms with Gasteiger partial charge in [-0.2, -0.15) is 0 Å². The molecular formula is C7H13ClN4O2-2. The van der Waals surface area contributed by atoms with Crippen LogP contribution in [0.1, 0.15) is 19.3 Å². The number of nitrogens with zero attached hydrogens (tertiary/aromatic N) is 2. The van der Waals surface area contributed by atoms with Crippen molar-refractivity contribution in [2.75, 3.05) is 0 Å². The molecule has 3 N–H and O–H groups in total. The Bertz CT molecular complexity index is 220. The van der Waals surface area contributed by atoms with Crippen LogP contribution in [0.2, 0.25) is 0 Å². The molecule has 2 rings (SSSR count). The van der Waals surface area contributed by atoms with E-state index in [4.69, 9.17) is 17.3 Å². The number of nitrogens with one attached hydrogen (secondary N) is 1. The molecule has 6 nitrogen and oxygen atoms in total. The Morgan fingerprint density at radius 3 is 2.71 bits per heavy atom. The Balaban J connectivity index is 2.10. The predicted octanol–water partition coefficient (Wildman–Crippen LogP) is -0.125. The first-order chi connectivity index (χ1) is 6.59. The maximum atomic E-state index is 11.5. The molecule has 2 fully saturated rings. The number of alkyl halides is 1. The summed E-state index contributed by atoms with van der Waals surface area (Å²) in [7, 11) is 0. The molecule has 1 aliphatic carbocycles. The minimum atomic E-state index is -0.930. The van der Waals surface area contributed by atoms with Gasteiger partial charge in [-0.05, 0) is 19.3 Å². The molecule has 1 heterocycles. The summed E-state index contributed by atoms with van der Waals surface area (Å²) >= 11 is 5.94. The highest BCUT2D eigenvalue weighted by atomic mass is 35.5. The number of fused-ring (bicyclic) bond motifs is 1. The first kappa shape index (κ1) is 10.6. The number of hydrogen-bond donors (Lipinski definition) is 2. The third-order valence-corrected chi connectivity index (χ3v) is 3.28. The lowest BCUT2D eigenvalue weighted by molar-refractivity contribution is -0.0394. The summed E-state index contributed by atoms with van der Waals surface area (Å²) in [4.78, 5) is 0. The third-order valence-electron chi connectivity index (χ3n) is 2.88. The molecule has 0 aromatic heterocycles. The lowest BCUT2D eigenvalue weighted by Crippen LogP contribution is -2.70. The highest BCUT2D eigenvalue weighted by Gasteiger charge is 2.36. The largest absolute Gasteiger partial charge is 0.783 e. The summed E-state index contributed by atoms with van der Waals surface area (Å²) in [5.74, 6) is 0. The molecule has 7 heteroatoms. The van der Waals surface area contributed by atoms with Gasteiger partial charge in [-0.25, -0.2) is 5.43 Å². The zero-order chi connectivity index (χ0) is 10.3. The Kier molecular flexibility index (Phi) is 2.94. The van der Waals surface area contributed by atoms with E-state index in [-0.39, 0.29) is 17.5 Å². The standard InChI is InChI=1S/C7H13ClN4O2/c8-4-1-2-5-6(3-4)12(14)10-7(9)11(5)13/h4-7,10H,1-3,9H2/q-2. The molecule has 82 valence electrons. The van der Waals surface area contributed by atoms with Crippen molar-refractivity contribution in [1.82, 2.24) is 15.7 Å².